The van der Waals surface area contributed by atoms with Crippen LogP contribution in [0.2, 0.25) is 0 Å². The van der Waals surface area contributed by atoms with Crippen LogP contribution in [-0.4, -0.2) is 12.1 Å². The molecule has 0 aliphatic heterocycles. The van der Waals surface area contributed by atoms with Crippen LogP contribution < -0.4 is 0 Å². The summed E-state index contributed by atoms with van der Waals surface area (Å²) >= 11 is 0. The number of rotatable bonds is 2. The first-order valence-electron chi connectivity index (χ1n) is 6.23. The van der Waals surface area contributed by atoms with Gasteiger partial charge in [0.25, 0.3) is 0 Å². The smallest absolute Gasteiger partial charge is 0.341 e. The Morgan fingerprint density at radius 2 is 1.89 bits per heavy atom. The van der Waals surface area contributed by atoms with Crippen LogP contribution in [0, 0.1) is 17.6 Å². The quantitative estimate of drug-likeness (QED) is 0.752. The molecule has 4 heteroatoms. The number of hydrogen-bond donors (Lipinski definition) is 0. The Hall–Kier alpha value is -1.45. The van der Waals surface area contributed by atoms with Gasteiger partial charge in [-0.1, -0.05) is 13.0 Å². The highest BCUT2D eigenvalue weighted by Crippen LogP contribution is 2.26. The summed E-state index contributed by atoms with van der Waals surface area (Å²) < 4.78 is 31.6. The molecule has 1 aromatic rings. The topological polar surface area (TPSA) is 26.3 Å². The van der Waals surface area contributed by atoms with Crippen molar-refractivity contribution in [3.63, 3.8) is 0 Å². The summed E-state index contributed by atoms with van der Waals surface area (Å²) in [6.07, 6.45) is 3.43. The van der Waals surface area contributed by atoms with Crippen molar-refractivity contribution in [3.05, 3.63) is 35.4 Å². The number of carbonyl (C=O) groups excluding carboxylic acids is 1. The SMILES string of the molecule is CC1CCC(OC(=O)c2cccc(F)c2F)CC1. The van der Waals surface area contributed by atoms with E-state index in [1.165, 1.54) is 12.1 Å². The standard InChI is InChI=1S/C14H16F2O2/c1-9-5-7-10(8-6-9)18-14(17)11-3-2-4-12(15)13(11)16/h2-4,9-10H,5-8H2,1H3. The van der Waals surface area contributed by atoms with Crippen LogP contribution in [-0.2, 0) is 4.74 Å². The van der Waals surface area contributed by atoms with Gasteiger partial charge in [0.15, 0.2) is 11.6 Å². The van der Waals surface area contributed by atoms with Crippen LogP contribution >= 0.6 is 0 Å². The van der Waals surface area contributed by atoms with E-state index in [9.17, 15) is 13.6 Å². The lowest BCUT2D eigenvalue weighted by molar-refractivity contribution is 0.0168. The molecule has 1 aromatic carbocycles. The molecule has 0 aromatic heterocycles. The highest BCUT2D eigenvalue weighted by atomic mass is 19.2. The van der Waals surface area contributed by atoms with E-state index in [2.05, 4.69) is 6.92 Å². The average molecular weight is 254 g/mol. The summed E-state index contributed by atoms with van der Waals surface area (Å²) in [7, 11) is 0. The Morgan fingerprint density at radius 3 is 2.56 bits per heavy atom. The lowest BCUT2D eigenvalue weighted by Gasteiger charge is -2.26. The third-order valence-corrected chi connectivity index (χ3v) is 3.41. The molecule has 0 radical (unpaired) electrons. The Bertz CT molecular complexity index is 437. The van der Waals surface area contributed by atoms with Gasteiger partial charge in [0, 0.05) is 0 Å². The first kappa shape index (κ1) is 13.0. The van der Waals surface area contributed by atoms with Crippen molar-refractivity contribution in [2.75, 3.05) is 0 Å². The molecule has 1 fully saturated rings. The Balaban J connectivity index is 2.01. The molecule has 1 aliphatic carbocycles. The highest BCUT2D eigenvalue weighted by molar-refractivity contribution is 5.89. The number of benzene rings is 1. The molecule has 18 heavy (non-hydrogen) atoms. The van der Waals surface area contributed by atoms with Gasteiger partial charge in [-0.15, -0.1) is 0 Å². The minimum atomic E-state index is -1.13. The second-order valence-corrected chi connectivity index (χ2v) is 4.89. The molecule has 0 N–H and O–H groups in total. The first-order valence-corrected chi connectivity index (χ1v) is 6.23. The molecule has 0 spiro atoms. The predicted molar refractivity (Wildman–Crippen MR) is 63.2 cm³/mol. The van der Waals surface area contributed by atoms with E-state index < -0.39 is 17.6 Å². The molecule has 0 heterocycles. The van der Waals surface area contributed by atoms with E-state index in [0.29, 0.717) is 5.92 Å². The van der Waals surface area contributed by atoms with Gasteiger partial charge >= 0.3 is 5.97 Å². The van der Waals surface area contributed by atoms with Crippen molar-refractivity contribution in [2.45, 2.75) is 38.7 Å². The van der Waals surface area contributed by atoms with Gasteiger partial charge in [0.1, 0.15) is 6.10 Å². The predicted octanol–water partition coefficient (Wildman–Crippen LogP) is 3.70. The van der Waals surface area contributed by atoms with Crippen molar-refractivity contribution >= 4 is 5.97 Å². The molecule has 1 aliphatic rings. The molecule has 98 valence electrons. The van der Waals surface area contributed by atoms with E-state index in [0.717, 1.165) is 31.7 Å². The van der Waals surface area contributed by atoms with Crippen molar-refractivity contribution in [1.82, 2.24) is 0 Å². The lowest BCUT2D eigenvalue weighted by Crippen LogP contribution is -2.24. The molecular formula is C14H16F2O2. The zero-order valence-corrected chi connectivity index (χ0v) is 10.3. The molecule has 0 saturated heterocycles. The minimum Gasteiger partial charge on any atom is -0.459 e. The Labute approximate surface area is 105 Å². The van der Waals surface area contributed by atoms with E-state index in [1.807, 2.05) is 0 Å². The summed E-state index contributed by atoms with van der Waals surface area (Å²) in [5.41, 5.74) is -0.325. The highest BCUT2D eigenvalue weighted by Gasteiger charge is 2.24. The van der Waals surface area contributed by atoms with Crippen LogP contribution in [0.3, 0.4) is 0 Å². The third-order valence-electron chi connectivity index (χ3n) is 3.41. The van der Waals surface area contributed by atoms with Crippen LogP contribution in [0.1, 0.15) is 43.0 Å². The lowest BCUT2D eigenvalue weighted by atomic mass is 9.89. The summed E-state index contributed by atoms with van der Waals surface area (Å²) in [5.74, 6) is -2.29. The zero-order chi connectivity index (χ0) is 13.1. The normalized spacial score (nSPS) is 23.7. The summed E-state index contributed by atoms with van der Waals surface area (Å²) in [4.78, 5) is 11.7. The third kappa shape index (κ3) is 2.86. The van der Waals surface area contributed by atoms with Gasteiger partial charge < -0.3 is 4.74 Å². The molecule has 0 amide bonds. The van der Waals surface area contributed by atoms with Crippen molar-refractivity contribution in [1.29, 1.82) is 0 Å². The summed E-state index contributed by atoms with van der Waals surface area (Å²) in [5, 5.41) is 0. The van der Waals surface area contributed by atoms with Gasteiger partial charge in [-0.2, -0.15) is 0 Å². The first-order chi connectivity index (χ1) is 8.58. The fourth-order valence-corrected chi connectivity index (χ4v) is 2.22. The van der Waals surface area contributed by atoms with Gasteiger partial charge in [-0.25, -0.2) is 13.6 Å². The molecule has 0 unspecified atom stereocenters. The van der Waals surface area contributed by atoms with E-state index in [4.69, 9.17) is 4.74 Å². The zero-order valence-electron chi connectivity index (χ0n) is 10.3. The van der Waals surface area contributed by atoms with Gasteiger partial charge in [0.2, 0.25) is 0 Å². The van der Waals surface area contributed by atoms with Gasteiger partial charge in [-0.3, -0.25) is 0 Å². The van der Waals surface area contributed by atoms with Crippen LogP contribution in [0.15, 0.2) is 18.2 Å². The summed E-state index contributed by atoms with van der Waals surface area (Å²) in [6, 6.07) is 3.53. The summed E-state index contributed by atoms with van der Waals surface area (Å²) in [6.45, 7) is 2.16. The van der Waals surface area contributed by atoms with Crippen molar-refractivity contribution in [2.24, 2.45) is 5.92 Å². The Morgan fingerprint density at radius 1 is 1.22 bits per heavy atom. The number of hydrogen-bond acceptors (Lipinski definition) is 2. The maximum atomic E-state index is 13.4. The molecule has 1 saturated carbocycles. The minimum absolute atomic E-state index is 0.170. The molecule has 0 bridgehead atoms. The monoisotopic (exact) mass is 254 g/mol. The molecule has 2 nitrogen and oxygen atoms in total. The Kier molecular flexibility index (Phi) is 3.94. The molecule has 0 atom stereocenters. The van der Waals surface area contributed by atoms with Crippen LogP contribution in [0.25, 0.3) is 0 Å². The van der Waals surface area contributed by atoms with Crippen molar-refractivity contribution < 1.29 is 18.3 Å². The van der Waals surface area contributed by atoms with E-state index in [1.54, 1.807) is 0 Å². The average Bonchev–Trinajstić information content (AvgIpc) is 2.35. The van der Waals surface area contributed by atoms with Crippen LogP contribution in [0.5, 0.6) is 0 Å². The van der Waals surface area contributed by atoms with Gasteiger partial charge in [0.05, 0.1) is 5.56 Å². The van der Waals surface area contributed by atoms with E-state index in [-0.39, 0.29) is 11.7 Å². The van der Waals surface area contributed by atoms with E-state index >= 15 is 0 Å². The second kappa shape index (κ2) is 5.46. The molecular weight excluding hydrogens is 238 g/mol. The number of halogens is 2. The fraction of sp³-hybridized carbons (Fsp3) is 0.500. The largest absolute Gasteiger partial charge is 0.459 e. The number of esters is 1. The maximum Gasteiger partial charge on any atom is 0.341 e. The fourth-order valence-electron chi connectivity index (χ4n) is 2.22. The second-order valence-electron chi connectivity index (χ2n) is 4.89. The molecule has 2 rings (SSSR count). The van der Waals surface area contributed by atoms with Gasteiger partial charge in [-0.05, 0) is 43.7 Å². The maximum absolute atomic E-state index is 13.4. The number of ether oxygens (including phenoxy) is 1. The number of carbonyl (C=O) groups is 1. The van der Waals surface area contributed by atoms with Crippen molar-refractivity contribution in [3.8, 4) is 0 Å². The van der Waals surface area contributed by atoms with Crippen LogP contribution in [0.4, 0.5) is 8.78 Å².